The van der Waals surface area contributed by atoms with E-state index in [1.165, 1.54) is 18.9 Å². The first-order valence-corrected chi connectivity index (χ1v) is 10.8. The predicted molar refractivity (Wildman–Crippen MR) is 122 cm³/mol. The van der Waals surface area contributed by atoms with Gasteiger partial charge in [0, 0.05) is 17.7 Å². The minimum Gasteiger partial charge on any atom is -0.468 e. The van der Waals surface area contributed by atoms with E-state index in [1.54, 1.807) is 36.4 Å². The molecule has 30 heavy (non-hydrogen) atoms. The number of benzene rings is 2. The summed E-state index contributed by atoms with van der Waals surface area (Å²) in [5.41, 5.74) is 2.76. The minimum absolute atomic E-state index is 0.0149. The molecule has 2 aromatic carbocycles. The number of anilines is 2. The number of nitrogens with one attached hydrogen (secondary N) is 2. The SMILES string of the molecule is COC(=O)CSCCC(=O)Nc1ccccc1NC(=O)c1ccc(C(C)(C)C)cc1. The van der Waals surface area contributed by atoms with Crippen LogP contribution in [0, 0.1) is 0 Å². The average molecular weight is 429 g/mol. The predicted octanol–water partition coefficient (Wildman–Crippen LogP) is 4.47. The Kier molecular flexibility index (Phi) is 8.47. The van der Waals surface area contributed by atoms with E-state index in [4.69, 9.17) is 0 Å². The van der Waals surface area contributed by atoms with Crippen molar-refractivity contribution < 1.29 is 19.1 Å². The highest BCUT2D eigenvalue weighted by molar-refractivity contribution is 7.99. The molecule has 0 unspecified atom stereocenters. The largest absolute Gasteiger partial charge is 0.468 e. The van der Waals surface area contributed by atoms with Gasteiger partial charge in [0.25, 0.3) is 5.91 Å². The first-order chi connectivity index (χ1) is 14.2. The third kappa shape index (κ3) is 7.22. The van der Waals surface area contributed by atoms with Gasteiger partial charge in [-0.25, -0.2) is 0 Å². The molecule has 0 heterocycles. The van der Waals surface area contributed by atoms with E-state index in [9.17, 15) is 14.4 Å². The second kappa shape index (κ2) is 10.8. The van der Waals surface area contributed by atoms with Gasteiger partial charge in [0.05, 0.1) is 24.2 Å². The third-order valence-electron chi connectivity index (χ3n) is 4.38. The molecule has 0 aliphatic rings. The highest BCUT2D eigenvalue weighted by atomic mass is 32.2. The van der Waals surface area contributed by atoms with E-state index < -0.39 is 0 Å². The van der Waals surface area contributed by atoms with E-state index in [0.29, 0.717) is 22.7 Å². The molecule has 2 aromatic rings. The maximum Gasteiger partial charge on any atom is 0.315 e. The molecule has 0 aromatic heterocycles. The second-order valence-electron chi connectivity index (χ2n) is 7.75. The van der Waals surface area contributed by atoms with Gasteiger partial charge < -0.3 is 15.4 Å². The van der Waals surface area contributed by atoms with Crippen LogP contribution in [0.25, 0.3) is 0 Å². The Balaban J connectivity index is 1.97. The molecule has 0 radical (unpaired) electrons. The number of hydrogen-bond donors (Lipinski definition) is 2. The summed E-state index contributed by atoms with van der Waals surface area (Å²) in [4.78, 5) is 36.0. The monoisotopic (exact) mass is 428 g/mol. The fourth-order valence-electron chi connectivity index (χ4n) is 2.61. The molecule has 7 heteroatoms. The van der Waals surface area contributed by atoms with Crippen molar-refractivity contribution in [2.45, 2.75) is 32.6 Å². The number of para-hydroxylation sites is 2. The van der Waals surface area contributed by atoms with E-state index >= 15 is 0 Å². The van der Waals surface area contributed by atoms with E-state index in [2.05, 4.69) is 36.1 Å². The van der Waals surface area contributed by atoms with E-state index in [1.807, 2.05) is 12.1 Å². The number of methoxy groups -OCH3 is 1. The number of amides is 2. The molecule has 0 aliphatic carbocycles. The van der Waals surface area contributed by atoms with Gasteiger partial charge in [-0.1, -0.05) is 45.0 Å². The van der Waals surface area contributed by atoms with Crippen molar-refractivity contribution in [3.63, 3.8) is 0 Å². The first kappa shape index (κ1) is 23.5. The number of carbonyl (C=O) groups is 3. The van der Waals surface area contributed by atoms with Crippen molar-refractivity contribution in [3.8, 4) is 0 Å². The lowest BCUT2D eigenvalue weighted by atomic mass is 9.87. The molecule has 2 amide bonds. The summed E-state index contributed by atoms with van der Waals surface area (Å²) in [5.74, 6) is -0.0431. The normalized spacial score (nSPS) is 10.9. The Hall–Kier alpha value is -2.80. The number of ether oxygens (including phenoxy) is 1. The molecular weight excluding hydrogens is 400 g/mol. The number of rotatable bonds is 8. The van der Waals surface area contributed by atoms with Gasteiger partial charge in [-0.2, -0.15) is 0 Å². The van der Waals surface area contributed by atoms with Crippen LogP contribution in [0.2, 0.25) is 0 Å². The second-order valence-corrected chi connectivity index (χ2v) is 8.86. The molecule has 160 valence electrons. The maximum atomic E-state index is 12.6. The van der Waals surface area contributed by atoms with Crippen molar-refractivity contribution in [3.05, 3.63) is 59.7 Å². The molecule has 2 N–H and O–H groups in total. The molecule has 0 spiro atoms. The third-order valence-corrected chi connectivity index (χ3v) is 5.32. The van der Waals surface area contributed by atoms with Gasteiger partial charge in [-0.15, -0.1) is 11.8 Å². The van der Waals surface area contributed by atoms with Gasteiger partial charge in [0.2, 0.25) is 5.91 Å². The summed E-state index contributed by atoms with van der Waals surface area (Å²) in [6.45, 7) is 6.36. The quantitative estimate of drug-likeness (QED) is 0.479. The lowest BCUT2D eigenvalue weighted by Crippen LogP contribution is -2.17. The van der Waals surface area contributed by atoms with E-state index in [0.717, 1.165) is 5.56 Å². The number of thioether (sulfide) groups is 1. The topological polar surface area (TPSA) is 84.5 Å². The smallest absolute Gasteiger partial charge is 0.315 e. The van der Waals surface area contributed by atoms with Gasteiger partial charge in [0.1, 0.15) is 0 Å². The van der Waals surface area contributed by atoms with Crippen molar-refractivity contribution in [1.82, 2.24) is 0 Å². The Bertz CT molecular complexity index is 889. The fraction of sp³-hybridized carbons (Fsp3) is 0.348. The van der Waals surface area contributed by atoms with Crippen LogP contribution < -0.4 is 10.6 Å². The Labute approximate surface area is 181 Å². The number of esters is 1. The number of carbonyl (C=O) groups excluding carboxylic acids is 3. The van der Waals surface area contributed by atoms with Crippen molar-refractivity contribution >= 4 is 40.9 Å². The van der Waals surface area contributed by atoms with Crippen LogP contribution in [0.3, 0.4) is 0 Å². The summed E-state index contributed by atoms with van der Waals surface area (Å²) < 4.78 is 4.56. The lowest BCUT2D eigenvalue weighted by molar-refractivity contribution is -0.137. The molecule has 2 rings (SSSR count). The Morgan fingerprint density at radius 1 is 0.933 bits per heavy atom. The molecule has 0 saturated heterocycles. The van der Waals surface area contributed by atoms with Crippen LogP contribution in [0.1, 0.15) is 43.1 Å². The highest BCUT2D eigenvalue weighted by Crippen LogP contribution is 2.24. The van der Waals surface area contributed by atoms with Crippen molar-refractivity contribution in [1.29, 1.82) is 0 Å². The first-order valence-electron chi connectivity index (χ1n) is 9.66. The molecule has 0 fully saturated rings. The molecule has 0 saturated carbocycles. The van der Waals surface area contributed by atoms with Gasteiger partial charge in [-0.05, 0) is 35.2 Å². The van der Waals surface area contributed by atoms with Gasteiger partial charge >= 0.3 is 5.97 Å². The molecule has 6 nitrogen and oxygen atoms in total. The van der Waals surface area contributed by atoms with Crippen LogP contribution in [0.4, 0.5) is 11.4 Å². The summed E-state index contributed by atoms with van der Waals surface area (Å²) in [7, 11) is 1.33. The van der Waals surface area contributed by atoms with Crippen molar-refractivity contribution in [2.24, 2.45) is 0 Å². The van der Waals surface area contributed by atoms with Crippen molar-refractivity contribution in [2.75, 3.05) is 29.2 Å². The summed E-state index contributed by atoms with van der Waals surface area (Å²) in [6.07, 6.45) is 0.248. The lowest BCUT2D eigenvalue weighted by Gasteiger charge is -2.19. The summed E-state index contributed by atoms with van der Waals surface area (Å²) in [6, 6.07) is 14.6. The fourth-order valence-corrected chi connectivity index (χ4v) is 3.37. The average Bonchev–Trinajstić information content (AvgIpc) is 2.71. The Morgan fingerprint density at radius 3 is 2.10 bits per heavy atom. The van der Waals surface area contributed by atoms with Crippen LogP contribution in [-0.2, 0) is 19.7 Å². The molecule has 0 bridgehead atoms. The highest BCUT2D eigenvalue weighted by Gasteiger charge is 2.15. The maximum absolute atomic E-state index is 12.6. The van der Waals surface area contributed by atoms with E-state index in [-0.39, 0.29) is 35.4 Å². The molecule has 0 aliphatic heterocycles. The van der Waals surface area contributed by atoms with Crippen LogP contribution in [0.15, 0.2) is 48.5 Å². The van der Waals surface area contributed by atoms with Gasteiger partial charge in [-0.3, -0.25) is 14.4 Å². The minimum atomic E-state index is -0.316. The van der Waals surface area contributed by atoms with Crippen LogP contribution >= 0.6 is 11.8 Å². The molecular formula is C23H28N2O4S. The summed E-state index contributed by atoms with van der Waals surface area (Å²) in [5, 5.41) is 5.68. The zero-order valence-electron chi connectivity index (χ0n) is 17.8. The molecule has 0 atom stereocenters. The standard InChI is InChI=1S/C23H28N2O4S/c1-23(2,3)17-11-9-16(10-12-17)22(28)25-19-8-6-5-7-18(19)24-20(26)13-14-30-15-21(27)29-4/h5-12H,13-15H2,1-4H3,(H,24,26)(H,25,28). The zero-order chi connectivity index (χ0) is 22.1. The number of hydrogen-bond acceptors (Lipinski definition) is 5. The van der Waals surface area contributed by atoms with Crippen LogP contribution in [0.5, 0.6) is 0 Å². The Morgan fingerprint density at radius 2 is 1.53 bits per heavy atom. The summed E-state index contributed by atoms with van der Waals surface area (Å²) >= 11 is 1.33. The van der Waals surface area contributed by atoms with Gasteiger partial charge in [0.15, 0.2) is 0 Å². The van der Waals surface area contributed by atoms with Crippen LogP contribution in [-0.4, -0.2) is 36.4 Å². The zero-order valence-corrected chi connectivity index (χ0v) is 18.6.